The molecule has 4 N–H and O–H groups in total. The molecule has 4 nitrogen and oxygen atoms in total. The van der Waals surface area contributed by atoms with Gasteiger partial charge in [-0.05, 0) is 6.42 Å². The Morgan fingerprint density at radius 2 is 1.80 bits per heavy atom. The summed E-state index contributed by atoms with van der Waals surface area (Å²) in [4.78, 5) is 0. The molecule has 10 heavy (non-hydrogen) atoms. The van der Waals surface area contributed by atoms with E-state index in [4.69, 9.17) is 20.4 Å². The van der Waals surface area contributed by atoms with Gasteiger partial charge in [-0.1, -0.05) is 6.92 Å². The molecule has 0 spiro atoms. The molecule has 0 aliphatic heterocycles. The molecule has 0 saturated carbocycles. The van der Waals surface area contributed by atoms with Crippen LogP contribution >= 0.6 is 0 Å². The molecule has 61 valence electrons. The lowest BCUT2D eigenvalue weighted by Crippen LogP contribution is -2.31. The van der Waals surface area contributed by atoms with Crippen LogP contribution in [-0.4, -0.2) is 39.2 Å². The van der Waals surface area contributed by atoms with Gasteiger partial charge in [0.15, 0.2) is 6.10 Å². The molecule has 0 aliphatic carbocycles. The Labute approximate surface area is 59.7 Å². The van der Waals surface area contributed by atoms with Crippen LogP contribution in [0, 0.1) is 6.10 Å². The van der Waals surface area contributed by atoms with E-state index in [-0.39, 0.29) is 0 Å². The average Bonchev–Trinajstić information content (AvgIpc) is 2.00. The molecule has 0 amide bonds. The van der Waals surface area contributed by atoms with Gasteiger partial charge >= 0.3 is 0 Å². The smallest absolute Gasteiger partial charge is 0.152 e. The van der Waals surface area contributed by atoms with Crippen molar-refractivity contribution in [3.8, 4) is 0 Å². The Hall–Kier alpha value is -0.160. The molecule has 0 aliphatic rings. The molecule has 1 radical (unpaired) electrons. The van der Waals surface area contributed by atoms with Crippen molar-refractivity contribution in [2.75, 3.05) is 6.61 Å². The zero-order valence-electron chi connectivity index (χ0n) is 5.86. The largest absolute Gasteiger partial charge is 0.394 e. The van der Waals surface area contributed by atoms with E-state index in [9.17, 15) is 0 Å². The van der Waals surface area contributed by atoms with Crippen molar-refractivity contribution in [2.45, 2.75) is 25.6 Å². The second kappa shape index (κ2) is 4.62. The number of aliphatic hydroxyl groups is 4. The summed E-state index contributed by atoms with van der Waals surface area (Å²) in [6.45, 7) is 1.09. The molecule has 0 aromatic heterocycles. The molecule has 0 heterocycles. The van der Waals surface area contributed by atoms with Gasteiger partial charge in [-0.25, -0.2) is 0 Å². The Morgan fingerprint density at radius 3 is 2.10 bits per heavy atom. The minimum absolute atomic E-state index is 0.322. The van der Waals surface area contributed by atoms with Crippen molar-refractivity contribution in [3.63, 3.8) is 0 Å². The van der Waals surface area contributed by atoms with E-state index >= 15 is 0 Å². The van der Waals surface area contributed by atoms with Crippen molar-refractivity contribution in [1.29, 1.82) is 0 Å². The van der Waals surface area contributed by atoms with Crippen LogP contribution in [0.25, 0.3) is 0 Å². The fourth-order valence-corrected chi connectivity index (χ4v) is 0.525. The summed E-state index contributed by atoms with van der Waals surface area (Å²) in [6.07, 6.45) is -2.51. The molecule has 2 atom stereocenters. The zero-order valence-corrected chi connectivity index (χ0v) is 5.86. The van der Waals surface area contributed by atoms with Crippen LogP contribution in [0.1, 0.15) is 13.3 Å². The zero-order chi connectivity index (χ0) is 8.15. The standard InChI is InChI=1S/C6H13O4/c1-2-4(8)6(10)5(9)3-7/h4-5,7-10H,2-3H2,1H3. The van der Waals surface area contributed by atoms with Gasteiger partial charge in [0, 0.05) is 0 Å². The van der Waals surface area contributed by atoms with E-state index in [0.717, 1.165) is 0 Å². The summed E-state index contributed by atoms with van der Waals surface area (Å²) < 4.78 is 0. The van der Waals surface area contributed by atoms with E-state index in [2.05, 4.69) is 0 Å². The Balaban J connectivity index is 3.69. The van der Waals surface area contributed by atoms with Gasteiger partial charge in [0.2, 0.25) is 0 Å². The lowest BCUT2D eigenvalue weighted by Gasteiger charge is -2.18. The van der Waals surface area contributed by atoms with Crippen LogP contribution in [0.15, 0.2) is 0 Å². The molecule has 0 aromatic carbocycles. The lowest BCUT2D eigenvalue weighted by molar-refractivity contribution is -0.00823. The SMILES string of the molecule is CCC(O)[C](O)C(O)CO. The van der Waals surface area contributed by atoms with Crippen LogP contribution in [0.4, 0.5) is 0 Å². The normalized spacial score (nSPS) is 17.4. The second-order valence-electron chi connectivity index (χ2n) is 2.05. The molecule has 0 aromatic rings. The minimum Gasteiger partial charge on any atom is -0.394 e. The second-order valence-corrected chi connectivity index (χ2v) is 2.05. The fraction of sp³-hybridized carbons (Fsp3) is 0.833. The Kier molecular flexibility index (Phi) is 4.55. The predicted molar refractivity (Wildman–Crippen MR) is 34.6 cm³/mol. The molecule has 2 unspecified atom stereocenters. The summed E-state index contributed by atoms with van der Waals surface area (Å²) in [5.41, 5.74) is 0. The highest BCUT2D eigenvalue weighted by Gasteiger charge is 2.23. The first-order valence-electron chi connectivity index (χ1n) is 3.16. The number of rotatable bonds is 4. The van der Waals surface area contributed by atoms with Crippen molar-refractivity contribution in [1.82, 2.24) is 0 Å². The van der Waals surface area contributed by atoms with Gasteiger partial charge in [0.1, 0.15) is 6.10 Å². The molecule has 0 rings (SSSR count). The third-order valence-corrected chi connectivity index (χ3v) is 1.24. The van der Waals surface area contributed by atoms with E-state index in [1.807, 2.05) is 0 Å². The molecular weight excluding hydrogens is 136 g/mol. The van der Waals surface area contributed by atoms with Gasteiger partial charge in [0.05, 0.1) is 12.7 Å². The molecule has 0 fully saturated rings. The van der Waals surface area contributed by atoms with E-state index in [1.165, 1.54) is 0 Å². The first kappa shape index (κ1) is 9.84. The minimum atomic E-state index is -1.32. The van der Waals surface area contributed by atoms with Gasteiger partial charge in [-0.2, -0.15) is 0 Å². The molecular formula is C6H13O4. The predicted octanol–water partition coefficient (Wildman–Crippen LogP) is -0.985. The topological polar surface area (TPSA) is 80.9 Å². The van der Waals surface area contributed by atoms with Crippen molar-refractivity contribution < 1.29 is 20.4 Å². The molecule has 4 heteroatoms. The summed E-state index contributed by atoms with van der Waals surface area (Å²) in [5, 5.41) is 34.8. The number of hydrogen-bond donors (Lipinski definition) is 4. The monoisotopic (exact) mass is 149 g/mol. The summed E-state index contributed by atoms with van der Waals surface area (Å²) >= 11 is 0. The summed E-state index contributed by atoms with van der Waals surface area (Å²) in [5.74, 6) is 0. The molecule has 0 saturated heterocycles. The van der Waals surface area contributed by atoms with E-state index in [1.54, 1.807) is 6.92 Å². The van der Waals surface area contributed by atoms with Gasteiger partial charge in [-0.15, -0.1) is 0 Å². The quantitative estimate of drug-likeness (QED) is 0.414. The number of hydrogen-bond acceptors (Lipinski definition) is 4. The first-order valence-corrected chi connectivity index (χ1v) is 3.16. The third kappa shape index (κ3) is 2.62. The van der Waals surface area contributed by atoms with Gasteiger partial charge in [-0.3, -0.25) is 0 Å². The van der Waals surface area contributed by atoms with Crippen molar-refractivity contribution >= 4 is 0 Å². The highest BCUT2D eigenvalue weighted by Crippen LogP contribution is 2.10. The van der Waals surface area contributed by atoms with Crippen LogP contribution in [-0.2, 0) is 0 Å². The maximum absolute atomic E-state index is 8.87. The van der Waals surface area contributed by atoms with Crippen LogP contribution < -0.4 is 0 Å². The van der Waals surface area contributed by atoms with Gasteiger partial charge in [0.25, 0.3) is 0 Å². The van der Waals surface area contributed by atoms with Crippen LogP contribution in [0.3, 0.4) is 0 Å². The summed E-state index contributed by atoms with van der Waals surface area (Å²) in [6, 6.07) is 0. The van der Waals surface area contributed by atoms with Crippen molar-refractivity contribution in [2.24, 2.45) is 0 Å². The highest BCUT2D eigenvalue weighted by atomic mass is 16.4. The van der Waals surface area contributed by atoms with Gasteiger partial charge < -0.3 is 20.4 Å². The van der Waals surface area contributed by atoms with E-state index < -0.39 is 24.9 Å². The fourth-order valence-electron chi connectivity index (χ4n) is 0.525. The molecule has 0 bridgehead atoms. The summed E-state index contributed by atoms with van der Waals surface area (Å²) in [7, 11) is 0. The van der Waals surface area contributed by atoms with Crippen molar-refractivity contribution in [3.05, 3.63) is 6.10 Å². The van der Waals surface area contributed by atoms with E-state index in [0.29, 0.717) is 6.42 Å². The Morgan fingerprint density at radius 1 is 1.30 bits per heavy atom. The average molecular weight is 149 g/mol. The lowest BCUT2D eigenvalue weighted by atomic mass is 10.1. The maximum Gasteiger partial charge on any atom is 0.152 e. The first-order chi connectivity index (χ1) is 4.63. The highest BCUT2D eigenvalue weighted by molar-refractivity contribution is 4.91. The third-order valence-electron chi connectivity index (χ3n) is 1.24. The maximum atomic E-state index is 8.87. The van der Waals surface area contributed by atoms with Crippen LogP contribution in [0.2, 0.25) is 0 Å². The van der Waals surface area contributed by atoms with Crippen LogP contribution in [0.5, 0.6) is 0 Å². The number of aliphatic hydroxyl groups excluding tert-OH is 4. The Bertz CT molecular complexity index is 75.8.